The molecule has 0 saturated heterocycles. The zero-order valence-electron chi connectivity index (χ0n) is 16.8. The molecule has 1 fully saturated rings. The third kappa shape index (κ3) is 3.93. The maximum Gasteiger partial charge on any atom is 0.234 e. The van der Waals surface area contributed by atoms with Gasteiger partial charge in [-0.25, -0.2) is 0 Å². The van der Waals surface area contributed by atoms with Gasteiger partial charge in [-0.05, 0) is 32.3 Å². The number of nitrogens with zero attached hydrogens (tertiary/aromatic N) is 5. The van der Waals surface area contributed by atoms with Gasteiger partial charge in [0.1, 0.15) is 5.54 Å². The molecular weight excluding hydrogens is 370 g/mol. The van der Waals surface area contributed by atoms with Crippen LogP contribution in [0.4, 0.5) is 0 Å². The van der Waals surface area contributed by atoms with Gasteiger partial charge in [-0.1, -0.05) is 55.3 Å². The number of amides is 1. The van der Waals surface area contributed by atoms with Crippen molar-refractivity contribution < 1.29 is 4.79 Å². The summed E-state index contributed by atoms with van der Waals surface area (Å²) in [5.41, 5.74) is 1.55. The van der Waals surface area contributed by atoms with Crippen molar-refractivity contribution in [3.05, 3.63) is 29.8 Å². The van der Waals surface area contributed by atoms with Crippen LogP contribution >= 0.6 is 11.8 Å². The molecule has 0 aliphatic heterocycles. The van der Waals surface area contributed by atoms with Crippen LogP contribution in [0.1, 0.15) is 44.6 Å². The fraction of sp³-hybridized carbons (Fsp3) is 0.524. The minimum atomic E-state index is -0.652. The summed E-state index contributed by atoms with van der Waals surface area (Å²) < 4.78 is 2.04. The van der Waals surface area contributed by atoms with Gasteiger partial charge in [-0.3, -0.25) is 4.79 Å². The molecule has 0 N–H and O–H groups in total. The number of hydrogen-bond donors (Lipinski definition) is 0. The van der Waals surface area contributed by atoms with E-state index >= 15 is 0 Å². The molecule has 0 radical (unpaired) electrons. The molecule has 1 amide bonds. The van der Waals surface area contributed by atoms with Gasteiger partial charge in [0.25, 0.3) is 0 Å². The minimum Gasteiger partial charge on any atom is -0.326 e. The Morgan fingerprint density at radius 1 is 1.29 bits per heavy atom. The normalized spacial score (nSPS) is 15.8. The number of nitriles is 1. The Balaban J connectivity index is 1.73. The highest BCUT2D eigenvalue weighted by Crippen LogP contribution is 2.33. The average Bonchev–Trinajstić information content (AvgIpc) is 3.14. The number of aryl methyl sites for hydroxylation is 1. The highest BCUT2D eigenvalue weighted by molar-refractivity contribution is 7.99. The first kappa shape index (κ1) is 20.4. The second kappa shape index (κ2) is 8.78. The summed E-state index contributed by atoms with van der Waals surface area (Å²) >= 11 is 1.39. The Labute approximate surface area is 170 Å². The van der Waals surface area contributed by atoms with E-state index in [0.29, 0.717) is 0 Å². The summed E-state index contributed by atoms with van der Waals surface area (Å²) in [4.78, 5) is 14.5. The second-order valence-electron chi connectivity index (χ2n) is 7.31. The third-order valence-electron chi connectivity index (χ3n) is 5.65. The van der Waals surface area contributed by atoms with Crippen LogP contribution in [-0.4, -0.2) is 43.9 Å². The molecule has 1 heterocycles. The predicted octanol–water partition coefficient (Wildman–Crippen LogP) is 4.05. The molecule has 2 aromatic rings. The number of thioether (sulfide) groups is 1. The van der Waals surface area contributed by atoms with E-state index in [1.807, 2.05) is 22.8 Å². The number of carbonyl (C=O) groups is 1. The van der Waals surface area contributed by atoms with Gasteiger partial charge in [0.05, 0.1) is 11.8 Å². The van der Waals surface area contributed by atoms with Crippen LogP contribution in [0.25, 0.3) is 11.4 Å². The molecule has 0 unspecified atom stereocenters. The van der Waals surface area contributed by atoms with E-state index in [1.54, 1.807) is 11.9 Å². The zero-order valence-corrected chi connectivity index (χ0v) is 17.6. The van der Waals surface area contributed by atoms with E-state index in [4.69, 9.17) is 0 Å². The Kier molecular flexibility index (Phi) is 6.40. The number of carbonyl (C=O) groups excluding carboxylic acids is 1. The molecule has 1 aromatic carbocycles. The molecular formula is C21H27N5OS. The number of aromatic nitrogens is 3. The smallest absolute Gasteiger partial charge is 0.234 e. The van der Waals surface area contributed by atoms with Gasteiger partial charge in [0.2, 0.25) is 5.91 Å². The molecule has 1 aliphatic rings. The highest BCUT2D eigenvalue weighted by Gasteiger charge is 2.38. The first-order valence-corrected chi connectivity index (χ1v) is 10.8. The van der Waals surface area contributed by atoms with Crippen molar-refractivity contribution in [1.29, 1.82) is 5.26 Å². The lowest BCUT2D eigenvalue weighted by Crippen LogP contribution is -2.50. The van der Waals surface area contributed by atoms with E-state index in [1.165, 1.54) is 11.8 Å². The van der Waals surface area contributed by atoms with Gasteiger partial charge in [0, 0.05) is 19.2 Å². The Morgan fingerprint density at radius 3 is 2.64 bits per heavy atom. The largest absolute Gasteiger partial charge is 0.326 e. The van der Waals surface area contributed by atoms with Crippen LogP contribution in [0.2, 0.25) is 0 Å². The van der Waals surface area contributed by atoms with E-state index < -0.39 is 5.54 Å². The van der Waals surface area contributed by atoms with Gasteiger partial charge in [-0.2, -0.15) is 5.26 Å². The summed E-state index contributed by atoms with van der Waals surface area (Å²) in [5.74, 6) is 1.05. The maximum absolute atomic E-state index is 12.8. The summed E-state index contributed by atoms with van der Waals surface area (Å²) in [5, 5.41) is 19.1. The Morgan fingerprint density at radius 2 is 2.00 bits per heavy atom. The molecule has 28 heavy (non-hydrogen) atoms. The Bertz CT molecular complexity index is 879. The maximum atomic E-state index is 12.8. The van der Waals surface area contributed by atoms with E-state index in [0.717, 1.165) is 60.8 Å². The zero-order chi connectivity index (χ0) is 20.1. The number of hydrogen-bond acceptors (Lipinski definition) is 5. The number of rotatable bonds is 6. The monoisotopic (exact) mass is 397 g/mol. The summed E-state index contributed by atoms with van der Waals surface area (Å²) in [7, 11) is 1.76. The van der Waals surface area contributed by atoms with Crippen LogP contribution in [0.3, 0.4) is 0 Å². The van der Waals surface area contributed by atoms with E-state index in [2.05, 4.69) is 36.2 Å². The summed E-state index contributed by atoms with van der Waals surface area (Å²) in [6.45, 7) is 4.84. The lowest BCUT2D eigenvalue weighted by Gasteiger charge is -2.39. The van der Waals surface area contributed by atoms with Crippen molar-refractivity contribution in [3.8, 4) is 17.5 Å². The second-order valence-corrected chi connectivity index (χ2v) is 8.25. The van der Waals surface area contributed by atoms with Crippen molar-refractivity contribution in [3.63, 3.8) is 0 Å². The van der Waals surface area contributed by atoms with Crippen molar-refractivity contribution in [2.24, 2.45) is 0 Å². The predicted molar refractivity (Wildman–Crippen MR) is 111 cm³/mol. The number of benzene rings is 1. The lowest BCUT2D eigenvalue weighted by molar-refractivity contribution is -0.131. The average molecular weight is 398 g/mol. The third-order valence-corrected chi connectivity index (χ3v) is 6.60. The first-order chi connectivity index (χ1) is 13.5. The molecule has 1 saturated carbocycles. The molecule has 1 aliphatic carbocycles. The molecule has 0 spiro atoms. The fourth-order valence-electron chi connectivity index (χ4n) is 3.82. The van der Waals surface area contributed by atoms with Crippen LogP contribution in [-0.2, 0) is 11.3 Å². The van der Waals surface area contributed by atoms with Crippen LogP contribution in [0.5, 0.6) is 0 Å². The summed E-state index contributed by atoms with van der Waals surface area (Å²) in [6.07, 6.45) is 4.67. The van der Waals surface area contributed by atoms with Crippen molar-refractivity contribution >= 4 is 17.7 Å². The topological polar surface area (TPSA) is 74.8 Å². The molecule has 0 bridgehead atoms. The van der Waals surface area contributed by atoms with Crippen molar-refractivity contribution in [2.75, 3.05) is 12.8 Å². The highest BCUT2D eigenvalue weighted by atomic mass is 32.2. The molecule has 148 valence electrons. The minimum absolute atomic E-state index is 0.0310. The Hall–Kier alpha value is -2.33. The van der Waals surface area contributed by atoms with Gasteiger partial charge >= 0.3 is 0 Å². The van der Waals surface area contributed by atoms with Gasteiger partial charge < -0.3 is 9.47 Å². The quantitative estimate of drug-likeness (QED) is 0.688. The molecule has 0 atom stereocenters. The van der Waals surface area contributed by atoms with Crippen LogP contribution < -0.4 is 0 Å². The molecule has 7 heteroatoms. The van der Waals surface area contributed by atoms with Gasteiger partial charge in [0.15, 0.2) is 11.0 Å². The standard InChI is InChI=1S/C21H27N5OS/c1-4-26-19(17-11-7-6-10-16(17)2)23-24-20(26)28-14-18(27)25(3)21(15-22)12-8-5-9-13-21/h6-7,10-11H,4-5,8-9,12-14H2,1-3H3. The molecule has 6 nitrogen and oxygen atoms in total. The van der Waals surface area contributed by atoms with Crippen LogP contribution in [0, 0.1) is 18.3 Å². The van der Waals surface area contributed by atoms with Crippen molar-refractivity contribution in [1.82, 2.24) is 19.7 Å². The SMILES string of the molecule is CCn1c(SCC(=O)N(C)C2(C#N)CCCCC2)nnc1-c1ccccc1C. The lowest BCUT2D eigenvalue weighted by atomic mass is 9.81. The van der Waals surface area contributed by atoms with E-state index in [-0.39, 0.29) is 11.7 Å². The fourth-order valence-corrected chi connectivity index (χ4v) is 4.74. The molecule has 1 aromatic heterocycles. The molecule has 3 rings (SSSR count). The van der Waals surface area contributed by atoms with E-state index in [9.17, 15) is 10.1 Å². The van der Waals surface area contributed by atoms with Gasteiger partial charge in [-0.15, -0.1) is 10.2 Å². The van der Waals surface area contributed by atoms with Crippen molar-refractivity contribution in [2.45, 2.75) is 63.2 Å². The summed E-state index contributed by atoms with van der Waals surface area (Å²) in [6, 6.07) is 10.5. The van der Waals surface area contributed by atoms with Crippen LogP contribution in [0.15, 0.2) is 29.4 Å². The first-order valence-electron chi connectivity index (χ1n) is 9.82.